The van der Waals surface area contributed by atoms with Crippen molar-refractivity contribution in [1.82, 2.24) is 0 Å². The van der Waals surface area contributed by atoms with Crippen LogP contribution >= 0.6 is 0 Å². The van der Waals surface area contributed by atoms with Crippen LogP contribution in [0, 0.1) is 6.92 Å². The first-order chi connectivity index (χ1) is 7.27. The number of aryl methyl sites for hydroxylation is 2. The van der Waals surface area contributed by atoms with Crippen molar-refractivity contribution in [2.24, 2.45) is 0 Å². The van der Waals surface area contributed by atoms with E-state index in [2.05, 4.69) is 6.92 Å². The summed E-state index contributed by atoms with van der Waals surface area (Å²) in [6.45, 7) is 5.64. The summed E-state index contributed by atoms with van der Waals surface area (Å²) in [6.07, 6.45) is 2.88. The summed E-state index contributed by atoms with van der Waals surface area (Å²) in [5.41, 5.74) is 3.25. The quantitative estimate of drug-likeness (QED) is 0.528. The zero-order valence-corrected chi connectivity index (χ0v) is 9.45. The summed E-state index contributed by atoms with van der Waals surface area (Å²) >= 11 is 0. The minimum atomic E-state index is 0.756. The van der Waals surface area contributed by atoms with Gasteiger partial charge in [0, 0.05) is 18.8 Å². The number of carbonyl (C=O) groups excluding carboxylic acids is 1. The molecule has 0 heterocycles. The molecule has 0 atom stereocenters. The Kier molecular flexibility index (Phi) is 5.05. The van der Waals surface area contributed by atoms with Gasteiger partial charge in [-0.15, -0.1) is 0 Å². The Morgan fingerprint density at radius 2 is 2.20 bits per heavy atom. The predicted octanol–water partition coefficient (Wildman–Crippen LogP) is 2.78. The molecule has 0 aromatic heterocycles. The predicted molar refractivity (Wildman–Crippen MR) is 61.4 cm³/mol. The van der Waals surface area contributed by atoms with Gasteiger partial charge in [-0.05, 0) is 43.9 Å². The Bertz CT molecular complexity index is 318. The zero-order valence-electron chi connectivity index (χ0n) is 9.45. The summed E-state index contributed by atoms with van der Waals surface area (Å²) < 4.78 is 5.28. The van der Waals surface area contributed by atoms with Crippen LogP contribution in [0.5, 0.6) is 0 Å². The summed E-state index contributed by atoms with van der Waals surface area (Å²) in [7, 11) is 0. The summed E-state index contributed by atoms with van der Waals surface area (Å²) in [5, 5.41) is 0. The molecule has 0 saturated heterocycles. The molecule has 15 heavy (non-hydrogen) atoms. The molecule has 0 fully saturated rings. The van der Waals surface area contributed by atoms with E-state index in [1.807, 2.05) is 25.1 Å². The van der Waals surface area contributed by atoms with Gasteiger partial charge >= 0.3 is 0 Å². The van der Waals surface area contributed by atoms with Gasteiger partial charge in [-0.1, -0.05) is 12.1 Å². The van der Waals surface area contributed by atoms with E-state index in [1.165, 1.54) is 11.1 Å². The van der Waals surface area contributed by atoms with Crippen LogP contribution in [0.25, 0.3) is 0 Å². The van der Waals surface area contributed by atoms with E-state index >= 15 is 0 Å². The molecule has 0 bridgehead atoms. The lowest BCUT2D eigenvalue weighted by molar-refractivity contribution is 0.112. The molecule has 0 spiro atoms. The number of aldehydes is 1. The van der Waals surface area contributed by atoms with Crippen molar-refractivity contribution in [1.29, 1.82) is 0 Å². The molecular formula is C13H18O2. The number of carbonyl (C=O) groups is 1. The fourth-order valence-corrected chi connectivity index (χ4v) is 1.54. The molecule has 1 aromatic rings. The normalized spacial score (nSPS) is 10.3. The first kappa shape index (κ1) is 11.9. The topological polar surface area (TPSA) is 26.3 Å². The second-order valence-corrected chi connectivity index (χ2v) is 3.60. The summed E-state index contributed by atoms with van der Waals surface area (Å²) in [6, 6.07) is 5.82. The van der Waals surface area contributed by atoms with Gasteiger partial charge in [-0.25, -0.2) is 0 Å². The van der Waals surface area contributed by atoms with Gasteiger partial charge in [0.2, 0.25) is 0 Å². The van der Waals surface area contributed by atoms with Crippen molar-refractivity contribution in [2.75, 3.05) is 13.2 Å². The Labute approximate surface area is 91.3 Å². The van der Waals surface area contributed by atoms with Crippen LogP contribution in [0.2, 0.25) is 0 Å². The molecule has 2 heteroatoms. The minimum Gasteiger partial charge on any atom is -0.382 e. The van der Waals surface area contributed by atoms with Gasteiger partial charge in [-0.3, -0.25) is 4.79 Å². The maximum Gasteiger partial charge on any atom is 0.150 e. The highest BCUT2D eigenvalue weighted by Gasteiger charge is 2.00. The SMILES string of the molecule is CCOCCCc1cc(C=O)ccc1C. The average molecular weight is 206 g/mol. The molecule has 0 N–H and O–H groups in total. The van der Waals surface area contributed by atoms with Crippen LogP contribution in [0.15, 0.2) is 18.2 Å². The fourth-order valence-electron chi connectivity index (χ4n) is 1.54. The highest BCUT2D eigenvalue weighted by atomic mass is 16.5. The van der Waals surface area contributed by atoms with Crippen LogP contribution in [-0.2, 0) is 11.2 Å². The number of benzene rings is 1. The third-order valence-electron chi connectivity index (χ3n) is 2.45. The summed E-state index contributed by atoms with van der Waals surface area (Å²) in [4.78, 5) is 10.6. The van der Waals surface area contributed by atoms with Gasteiger partial charge in [0.15, 0.2) is 0 Å². The maximum atomic E-state index is 10.6. The Morgan fingerprint density at radius 1 is 1.40 bits per heavy atom. The largest absolute Gasteiger partial charge is 0.382 e. The molecule has 0 aliphatic carbocycles. The van der Waals surface area contributed by atoms with Crippen LogP contribution in [0.1, 0.15) is 34.8 Å². The minimum absolute atomic E-state index is 0.756. The van der Waals surface area contributed by atoms with E-state index in [9.17, 15) is 4.79 Å². The lowest BCUT2D eigenvalue weighted by Gasteiger charge is -2.06. The Morgan fingerprint density at radius 3 is 2.87 bits per heavy atom. The number of rotatable bonds is 6. The van der Waals surface area contributed by atoms with Gasteiger partial charge in [0.1, 0.15) is 6.29 Å². The molecule has 1 aromatic carbocycles. The highest BCUT2D eigenvalue weighted by Crippen LogP contribution is 2.12. The third kappa shape index (κ3) is 3.84. The van der Waals surface area contributed by atoms with Crippen LogP contribution in [0.4, 0.5) is 0 Å². The number of ether oxygens (including phenoxy) is 1. The first-order valence-corrected chi connectivity index (χ1v) is 5.40. The molecule has 0 saturated carbocycles. The van der Waals surface area contributed by atoms with E-state index in [-0.39, 0.29) is 0 Å². The first-order valence-electron chi connectivity index (χ1n) is 5.40. The molecule has 1 rings (SSSR count). The smallest absolute Gasteiger partial charge is 0.150 e. The molecule has 0 radical (unpaired) electrons. The van der Waals surface area contributed by atoms with Crippen molar-refractivity contribution < 1.29 is 9.53 Å². The lowest BCUT2D eigenvalue weighted by atomic mass is 10.0. The van der Waals surface area contributed by atoms with Crippen LogP contribution in [-0.4, -0.2) is 19.5 Å². The second-order valence-electron chi connectivity index (χ2n) is 3.60. The van der Waals surface area contributed by atoms with Crippen molar-refractivity contribution in [3.05, 3.63) is 34.9 Å². The van der Waals surface area contributed by atoms with Crippen molar-refractivity contribution in [3.8, 4) is 0 Å². The van der Waals surface area contributed by atoms with Gasteiger partial charge in [0.05, 0.1) is 0 Å². The Hall–Kier alpha value is -1.15. The molecule has 0 aliphatic rings. The highest BCUT2D eigenvalue weighted by molar-refractivity contribution is 5.75. The van der Waals surface area contributed by atoms with E-state index in [4.69, 9.17) is 4.74 Å². The monoisotopic (exact) mass is 206 g/mol. The molecular weight excluding hydrogens is 188 g/mol. The molecule has 2 nitrogen and oxygen atoms in total. The van der Waals surface area contributed by atoms with Gasteiger partial charge in [-0.2, -0.15) is 0 Å². The van der Waals surface area contributed by atoms with E-state index in [0.717, 1.165) is 37.9 Å². The average Bonchev–Trinajstić information content (AvgIpc) is 2.26. The van der Waals surface area contributed by atoms with Crippen LogP contribution < -0.4 is 0 Å². The fraction of sp³-hybridized carbons (Fsp3) is 0.462. The second kappa shape index (κ2) is 6.36. The van der Waals surface area contributed by atoms with E-state index in [0.29, 0.717) is 0 Å². The molecule has 0 aliphatic heterocycles. The maximum absolute atomic E-state index is 10.6. The third-order valence-corrected chi connectivity index (χ3v) is 2.45. The van der Waals surface area contributed by atoms with Crippen LogP contribution in [0.3, 0.4) is 0 Å². The Balaban J connectivity index is 2.55. The zero-order chi connectivity index (χ0) is 11.1. The summed E-state index contributed by atoms with van der Waals surface area (Å²) in [5.74, 6) is 0. The van der Waals surface area contributed by atoms with E-state index < -0.39 is 0 Å². The van der Waals surface area contributed by atoms with Crippen molar-refractivity contribution >= 4 is 6.29 Å². The number of hydrogen-bond donors (Lipinski definition) is 0. The van der Waals surface area contributed by atoms with E-state index in [1.54, 1.807) is 0 Å². The van der Waals surface area contributed by atoms with Crippen molar-refractivity contribution in [3.63, 3.8) is 0 Å². The molecule has 82 valence electrons. The molecule has 0 unspecified atom stereocenters. The van der Waals surface area contributed by atoms with Gasteiger partial charge < -0.3 is 4.74 Å². The van der Waals surface area contributed by atoms with Gasteiger partial charge in [0.25, 0.3) is 0 Å². The van der Waals surface area contributed by atoms with Crippen molar-refractivity contribution in [2.45, 2.75) is 26.7 Å². The molecule has 0 amide bonds. The number of hydrogen-bond acceptors (Lipinski definition) is 2. The lowest BCUT2D eigenvalue weighted by Crippen LogP contribution is -1.98. The standard InChI is InChI=1S/C13H18O2/c1-3-15-8-4-5-13-9-12(10-14)7-6-11(13)2/h6-7,9-10H,3-5,8H2,1-2H3.